The molecule has 1 aromatic heterocycles. The van der Waals surface area contributed by atoms with Crippen LogP contribution in [0.5, 0.6) is 0 Å². The zero-order chi connectivity index (χ0) is 12.3. The van der Waals surface area contributed by atoms with Gasteiger partial charge in [-0.1, -0.05) is 0 Å². The molecular formula is C14H20N2S. The fourth-order valence-corrected chi connectivity index (χ4v) is 3.54. The van der Waals surface area contributed by atoms with E-state index in [1.165, 1.54) is 23.3 Å². The van der Waals surface area contributed by atoms with Gasteiger partial charge in [0.2, 0.25) is 0 Å². The van der Waals surface area contributed by atoms with Gasteiger partial charge in [-0.25, -0.2) is 0 Å². The monoisotopic (exact) mass is 248 g/mol. The van der Waals surface area contributed by atoms with Crippen LogP contribution in [0, 0.1) is 24.2 Å². The molecule has 0 spiro atoms. The minimum Gasteiger partial charge on any atom is -0.298 e. The highest BCUT2D eigenvalue weighted by Gasteiger charge is 2.24. The van der Waals surface area contributed by atoms with Gasteiger partial charge in [-0.3, -0.25) is 4.90 Å². The molecule has 1 aliphatic carbocycles. The van der Waals surface area contributed by atoms with Crippen LogP contribution < -0.4 is 0 Å². The van der Waals surface area contributed by atoms with Crippen molar-refractivity contribution in [1.82, 2.24) is 4.90 Å². The van der Waals surface area contributed by atoms with Gasteiger partial charge in [-0.05, 0) is 56.7 Å². The molecule has 0 radical (unpaired) electrons. The van der Waals surface area contributed by atoms with E-state index < -0.39 is 0 Å². The second-order valence-electron chi connectivity index (χ2n) is 5.08. The molecule has 0 saturated heterocycles. The molecule has 0 bridgehead atoms. The first-order valence-electron chi connectivity index (χ1n) is 6.33. The van der Waals surface area contributed by atoms with Crippen molar-refractivity contribution in [3.05, 3.63) is 21.9 Å². The van der Waals surface area contributed by atoms with Gasteiger partial charge in [-0.2, -0.15) is 5.26 Å². The Bertz CT molecular complexity index is 397. The van der Waals surface area contributed by atoms with E-state index >= 15 is 0 Å². The molecular weight excluding hydrogens is 228 g/mol. The summed E-state index contributed by atoms with van der Waals surface area (Å²) in [7, 11) is 2.22. The molecule has 0 unspecified atom stereocenters. The van der Waals surface area contributed by atoms with Crippen molar-refractivity contribution in [1.29, 1.82) is 5.26 Å². The predicted molar refractivity (Wildman–Crippen MR) is 71.9 cm³/mol. The van der Waals surface area contributed by atoms with Crippen LogP contribution in [0.25, 0.3) is 0 Å². The normalized spacial score (nSPS) is 24.8. The predicted octanol–water partition coefficient (Wildman–Crippen LogP) is 3.57. The topological polar surface area (TPSA) is 27.0 Å². The minimum absolute atomic E-state index is 0.308. The molecule has 2 rings (SSSR count). The molecule has 1 fully saturated rings. The maximum atomic E-state index is 8.90. The third-order valence-corrected chi connectivity index (χ3v) is 4.87. The summed E-state index contributed by atoms with van der Waals surface area (Å²) < 4.78 is 0. The number of nitrogens with zero attached hydrogens (tertiary/aromatic N) is 2. The molecule has 92 valence electrons. The highest BCUT2D eigenvalue weighted by atomic mass is 32.1. The van der Waals surface area contributed by atoms with E-state index in [9.17, 15) is 0 Å². The van der Waals surface area contributed by atoms with Gasteiger partial charge in [0.15, 0.2) is 0 Å². The first-order chi connectivity index (χ1) is 8.20. The Morgan fingerprint density at radius 1 is 1.41 bits per heavy atom. The van der Waals surface area contributed by atoms with E-state index in [2.05, 4.69) is 36.4 Å². The molecule has 0 aromatic carbocycles. The maximum absolute atomic E-state index is 8.90. The van der Waals surface area contributed by atoms with Crippen LogP contribution in [-0.2, 0) is 6.54 Å². The Balaban J connectivity index is 1.87. The summed E-state index contributed by atoms with van der Waals surface area (Å²) in [5, 5.41) is 11.1. The fourth-order valence-electron chi connectivity index (χ4n) is 2.57. The van der Waals surface area contributed by atoms with E-state index in [4.69, 9.17) is 5.26 Å². The molecule has 2 nitrogen and oxygen atoms in total. The van der Waals surface area contributed by atoms with E-state index in [0.717, 1.165) is 19.4 Å². The van der Waals surface area contributed by atoms with Crippen molar-refractivity contribution >= 4 is 11.3 Å². The van der Waals surface area contributed by atoms with E-state index in [1.54, 1.807) is 0 Å². The largest absolute Gasteiger partial charge is 0.298 e. The van der Waals surface area contributed by atoms with Crippen LogP contribution >= 0.6 is 11.3 Å². The Morgan fingerprint density at radius 3 is 2.65 bits per heavy atom. The molecule has 1 saturated carbocycles. The number of hydrogen-bond donors (Lipinski definition) is 0. The molecule has 0 atom stereocenters. The number of aryl methyl sites for hydroxylation is 1. The number of thiophene rings is 1. The second-order valence-corrected chi connectivity index (χ2v) is 6.08. The summed E-state index contributed by atoms with van der Waals surface area (Å²) in [4.78, 5) is 3.95. The smallest absolute Gasteiger partial charge is 0.0655 e. The van der Waals surface area contributed by atoms with Crippen LogP contribution in [0.3, 0.4) is 0 Å². The van der Waals surface area contributed by atoms with E-state index in [1.807, 2.05) is 11.3 Å². The lowest BCUT2D eigenvalue weighted by molar-refractivity contribution is 0.172. The van der Waals surface area contributed by atoms with Crippen molar-refractivity contribution in [2.24, 2.45) is 5.92 Å². The van der Waals surface area contributed by atoms with Crippen LogP contribution in [0.2, 0.25) is 0 Å². The quantitative estimate of drug-likeness (QED) is 0.817. The molecule has 0 N–H and O–H groups in total. The van der Waals surface area contributed by atoms with Gasteiger partial charge < -0.3 is 0 Å². The van der Waals surface area contributed by atoms with Crippen LogP contribution in [0.1, 0.15) is 36.1 Å². The summed E-state index contributed by atoms with van der Waals surface area (Å²) in [5.41, 5.74) is 1.41. The van der Waals surface area contributed by atoms with Crippen molar-refractivity contribution in [2.45, 2.75) is 45.2 Å². The zero-order valence-corrected chi connectivity index (χ0v) is 11.5. The Kier molecular flexibility index (Phi) is 4.20. The number of rotatable bonds is 3. The molecule has 17 heavy (non-hydrogen) atoms. The summed E-state index contributed by atoms with van der Waals surface area (Å²) in [6.07, 6.45) is 4.52. The van der Waals surface area contributed by atoms with Gasteiger partial charge in [-0.15, -0.1) is 11.3 Å². The van der Waals surface area contributed by atoms with Gasteiger partial charge >= 0.3 is 0 Å². The van der Waals surface area contributed by atoms with Crippen molar-refractivity contribution in [3.63, 3.8) is 0 Å². The first-order valence-corrected chi connectivity index (χ1v) is 7.21. The Labute approximate surface area is 108 Å². The third kappa shape index (κ3) is 3.08. The summed E-state index contributed by atoms with van der Waals surface area (Å²) in [5.74, 6) is 0.308. The summed E-state index contributed by atoms with van der Waals surface area (Å²) in [6, 6.07) is 5.26. The van der Waals surface area contributed by atoms with Crippen LogP contribution in [-0.4, -0.2) is 18.0 Å². The fraction of sp³-hybridized carbons (Fsp3) is 0.643. The summed E-state index contributed by atoms with van der Waals surface area (Å²) in [6.45, 7) is 3.25. The Morgan fingerprint density at radius 2 is 2.12 bits per heavy atom. The van der Waals surface area contributed by atoms with Crippen molar-refractivity contribution in [3.8, 4) is 6.07 Å². The van der Waals surface area contributed by atoms with Gasteiger partial charge in [0, 0.05) is 23.4 Å². The van der Waals surface area contributed by atoms with E-state index in [-0.39, 0.29) is 0 Å². The highest BCUT2D eigenvalue weighted by Crippen LogP contribution is 2.28. The maximum Gasteiger partial charge on any atom is 0.0655 e. The van der Waals surface area contributed by atoms with Gasteiger partial charge in [0.05, 0.1) is 6.07 Å². The van der Waals surface area contributed by atoms with Crippen molar-refractivity contribution < 1.29 is 0 Å². The minimum atomic E-state index is 0.308. The number of nitriles is 1. The van der Waals surface area contributed by atoms with Gasteiger partial charge in [0.25, 0.3) is 0 Å². The summed E-state index contributed by atoms with van der Waals surface area (Å²) >= 11 is 1.85. The number of hydrogen-bond acceptors (Lipinski definition) is 3. The SMILES string of the molecule is Cc1ccsc1CN(C)C1CCC(C#N)CC1. The van der Waals surface area contributed by atoms with E-state index in [0.29, 0.717) is 12.0 Å². The highest BCUT2D eigenvalue weighted by molar-refractivity contribution is 7.10. The molecule has 0 amide bonds. The van der Waals surface area contributed by atoms with Crippen LogP contribution in [0.15, 0.2) is 11.4 Å². The first kappa shape index (κ1) is 12.6. The van der Waals surface area contributed by atoms with Crippen molar-refractivity contribution in [2.75, 3.05) is 7.05 Å². The third-order valence-electron chi connectivity index (χ3n) is 3.86. The van der Waals surface area contributed by atoms with Gasteiger partial charge in [0.1, 0.15) is 0 Å². The average molecular weight is 248 g/mol. The Hall–Kier alpha value is -0.850. The standard InChI is InChI=1S/C14H20N2S/c1-11-7-8-17-14(11)10-16(2)13-5-3-12(9-15)4-6-13/h7-8,12-13H,3-6,10H2,1-2H3. The van der Waals surface area contributed by atoms with Crippen LogP contribution in [0.4, 0.5) is 0 Å². The second kappa shape index (κ2) is 5.66. The lowest BCUT2D eigenvalue weighted by atomic mass is 9.86. The average Bonchev–Trinajstić information content (AvgIpc) is 2.75. The molecule has 1 heterocycles. The molecule has 1 aliphatic rings. The lowest BCUT2D eigenvalue weighted by Gasteiger charge is -2.32. The molecule has 1 aromatic rings. The lowest BCUT2D eigenvalue weighted by Crippen LogP contribution is -2.34. The molecule has 0 aliphatic heterocycles. The zero-order valence-electron chi connectivity index (χ0n) is 10.6. The molecule has 3 heteroatoms.